The molecule has 2 aromatic heterocycles. The van der Waals surface area contributed by atoms with Gasteiger partial charge < -0.3 is 15.0 Å². The van der Waals surface area contributed by atoms with Crippen LogP contribution in [0.1, 0.15) is 39.2 Å². The fraction of sp³-hybridized carbons (Fsp3) is 0.467. The molecule has 0 bridgehead atoms. The molecule has 2 N–H and O–H groups in total. The Morgan fingerprint density at radius 2 is 2.33 bits per heavy atom. The van der Waals surface area contributed by atoms with Crippen molar-refractivity contribution >= 4 is 23.2 Å². The summed E-state index contributed by atoms with van der Waals surface area (Å²) < 4.78 is 5.68. The average molecular weight is 349 g/mol. The van der Waals surface area contributed by atoms with Gasteiger partial charge in [0.2, 0.25) is 5.91 Å². The van der Waals surface area contributed by atoms with E-state index < -0.39 is 0 Å². The molecule has 1 aliphatic heterocycles. The van der Waals surface area contributed by atoms with Crippen LogP contribution in [0.4, 0.5) is 0 Å². The van der Waals surface area contributed by atoms with E-state index in [1.807, 2.05) is 13.0 Å². The van der Waals surface area contributed by atoms with Gasteiger partial charge in [0.1, 0.15) is 11.9 Å². The van der Waals surface area contributed by atoms with E-state index in [9.17, 15) is 9.59 Å². The first-order chi connectivity index (χ1) is 11.5. The third-order valence-electron chi connectivity index (χ3n) is 3.64. The Kier molecular flexibility index (Phi) is 4.91. The predicted octanol–water partition coefficient (Wildman–Crippen LogP) is 1.02. The summed E-state index contributed by atoms with van der Waals surface area (Å²) in [6.07, 6.45) is -0.313. The Morgan fingerprint density at radius 1 is 1.50 bits per heavy atom. The highest BCUT2D eigenvalue weighted by Crippen LogP contribution is 2.23. The summed E-state index contributed by atoms with van der Waals surface area (Å²) in [5, 5.41) is 9.64. The molecular formula is C15H19N5O3S. The van der Waals surface area contributed by atoms with Crippen molar-refractivity contribution in [2.24, 2.45) is 0 Å². The Morgan fingerprint density at radius 3 is 3.04 bits per heavy atom. The van der Waals surface area contributed by atoms with E-state index in [-0.39, 0.29) is 17.9 Å². The third-order valence-corrected chi connectivity index (χ3v) is 4.71. The predicted molar refractivity (Wildman–Crippen MR) is 87.6 cm³/mol. The van der Waals surface area contributed by atoms with Gasteiger partial charge in [-0.3, -0.25) is 14.7 Å². The molecule has 0 aromatic carbocycles. The molecule has 0 spiro atoms. The van der Waals surface area contributed by atoms with E-state index >= 15 is 0 Å². The van der Waals surface area contributed by atoms with Crippen LogP contribution in [0, 0.1) is 6.92 Å². The number of rotatable bonds is 4. The maximum absolute atomic E-state index is 12.7. The van der Waals surface area contributed by atoms with Crippen molar-refractivity contribution in [3.8, 4) is 0 Å². The number of H-pyrrole nitrogens is 1. The molecule has 0 radical (unpaired) electrons. The Balaban J connectivity index is 1.65. The summed E-state index contributed by atoms with van der Waals surface area (Å²) in [6.45, 7) is 5.15. The zero-order valence-corrected chi connectivity index (χ0v) is 14.4. The van der Waals surface area contributed by atoms with Gasteiger partial charge in [-0.25, -0.2) is 4.98 Å². The van der Waals surface area contributed by atoms with Crippen molar-refractivity contribution in [1.29, 1.82) is 0 Å². The highest BCUT2D eigenvalue weighted by atomic mass is 32.1. The normalized spacial score (nSPS) is 17.8. The molecule has 1 fully saturated rings. The minimum Gasteiger partial charge on any atom is -0.366 e. The highest BCUT2D eigenvalue weighted by molar-refractivity contribution is 7.14. The number of aromatic nitrogens is 3. The van der Waals surface area contributed by atoms with Crippen LogP contribution >= 0.6 is 11.3 Å². The van der Waals surface area contributed by atoms with Crippen molar-refractivity contribution in [2.75, 3.05) is 19.7 Å². The van der Waals surface area contributed by atoms with Crippen LogP contribution in [-0.4, -0.2) is 51.6 Å². The largest absolute Gasteiger partial charge is 0.366 e. The molecule has 2 amide bonds. The smallest absolute Gasteiger partial charge is 0.264 e. The first-order valence-corrected chi connectivity index (χ1v) is 8.47. The molecular weight excluding hydrogens is 330 g/mol. The van der Waals surface area contributed by atoms with Crippen molar-refractivity contribution in [3.05, 3.63) is 33.5 Å². The van der Waals surface area contributed by atoms with Crippen molar-refractivity contribution in [3.63, 3.8) is 0 Å². The number of carbonyl (C=O) groups excluding carboxylic acids is 2. The first-order valence-electron chi connectivity index (χ1n) is 7.66. The van der Waals surface area contributed by atoms with Crippen molar-refractivity contribution < 1.29 is 14.3 Å². The van der Waals surface area contributed by atoms with Gasteiger partial charge in [0, 0.05) is 18.3 Å². The molecule has 24 heavy (non-hydrogen) atoms. The quantitative estimate of drug-likeness (QED) is 0.858. The van der Waals surface area contributed by atoms with Crippen molar-refractivity contribution in [2.45, 2.75) is 26.5 Å². The number of aromatic amines is 1. The highest BCUT2D eigenvalue weighted by Gasteiger charge is 2.29. The second-order valence-electron chi connectivity index (χ2n) is 5.57. The SMILES string of the molecule is CC(=O)NCc1ccc(C(=O)N2CCOC(c3n[nH]c(C)n3)C2)s1. The molecule has 9 heteroatoms. The number of carbonyl (C=O) groups is 2. The van der Waals surface area contributed by atoms with Gasteiger partial charge in [0.25, 0.3) is 5.91 Å². The van der Waals surface area contributed by atoms with Gasteiger partial charge in [-0.15, -0.1) is 11.3 Å². The number of nitrogens with one attached hydrogen (secondary N) is 2. The maximum atomic E-state index is 12.7. The summed E-state index contributed by atoms with van der Waals surface area (Å²) in [6, 6.07) is 3.66. The molecule has 8 nitrogen and oxygen atoms in total. The molecule has 128 valence electrons. The lowest BCUT2D eigenvalue weighted by Gasteiger charge is -2.31. The zero-order chi connectivity index (χ0) is 17.1. The maximum Gasteiger partial charge on any atom is 0.264 e. The summed E-state index contributed by atoms with van der Waals surface area (Å²) in [5.41, 5.74) is 0. The molecule has 3 rings (SSSR count). The van der Waals surface area contributed by atoms with Gasteiger partial charge in [0.15, 0.2) is 5.82 Å². The van der Waals surface area contributed by atoms with E-state index in [0.717, 1.165) is 10.7 Å². The summed E-state index contributed by atoms with van der Waals surface area (Å²) in [4.78, 5) is 31.3. The minimum absolute atomic E-state index is 0.0327. The first kappa shape index (κ1) is 16.6. The number of nitrogens with zero attached hydrogens (tertiary/aromatic N) is 3. The molecule has 0 aliphatic carbocycles. The Labute approximate surface area is 143 Å². The lowest BCUT2D eigenvalue weighted by molar-refractivity contribution is -0.119. The number of aryl methyl sites for hydroxylation is 1. The van der Waals surface area contributed by atoms with Crippen LogP contribution in [0.5, 0.6) is 0 Å². The second kappa shape index (κ2) is 7.10. The Bertz CT molecular complexity index is 741. The fourth-order valence-corrected chi connectivity index (χ4v) is 3.36. The monoisotopic (exact) mass is 349 g/mol. The summed E-state index contributed by atoms with van der Waals surface area (Å²) >= 11 is 1.39. The topological polar surface area (TPSA) is 100 Å². The van der Waals surface area contributed by atoms with Crippen LogP contribution in [0.15, 0.2) is 12.1 Å². The van der Waals surface area contributed by atoms with Gasteiger partial charge in [-0.1, -0.05) is 0 Å². The Hall–Kier alpha value is -2.26. The van der Waals surface area contributed by atoms with E-state index in [1.165, 1.54) is 18.3 Å². The lowest BCUT2D eigenvalue weighted by Crippen LogP contribution is -2.42. The molecule has 2 aromatic rings. The number of ether oxygens (including phenoxy) is 1. The average Bonchev–Trinajstić information content (AvgIpc) is 3.21. The van der Waals surface area contributed by atoms with Crippen LogP contribution in [0.25, 0.3) is 0 Å². The molecule has 1 aliphatic rings. The van der Waals surface area contributed by atoms with Gasteiger partial charge in [0.05, 0.1) is 24.6 Å². The van der Waals surface area contributed by atoms with Crippen molar-refractivity contribution in [1.82, 2.24) is 25.4 Å². The number of thiophene rings is 1. The van der Waals surface area contributed by atoms with Crippen LogP contribution in [0.2, 0.25) is 0 Å². The van der Waals surface area contributed by atoms with Gasteiger partial charge in [-0.2, -0.15) is 5.10 Å². The van der Waals surface area contributed by atoms with Crippen LogP contribution in [0.3, 0.4) is 0 Å². The van der Waals surface area contributed by atoms with Gasteiger partial charge >= 0.3 is 0 Å². The van der Waals surface area contributed by atoms with Gasteiger partial charge in [-0.05, 0) is 19.1 Å². The van der Waals surface area contributed by atoms with Crippen LogP contribution in [-0.2, 0) is 16.1 Å². The number of hydrogen-bond donors (Lipinski definition) is 2. The molecule has 1 unspecified atom stereocenters. The van der Waals surface area contributed by atoms with E-state index in [1.54, 1.807) is 11.0 Å². The summed E-state index contributed by atoms with van der Waals surface area (Å²) in [7, 11) is 0. The number of morpholine rings is 1. The van der Waals surface area contributed by atoms with E-state index in [4.69, 9.17) is 4.74 Å². The van der Waals surface area contributed by atoms with E-state index in [2.05, 4.69) is 20.5 Å². The number of hydrogen-bond acceptors (Lipinski definition) is 6. The number of amides is 2. The fourth-order valence-electron chi connectivity index (χ4n) is 2.45. The molecule has 1 atom stereocenters. The second-order valence-corrected chi connectivity index (χ2v) is 6.73. The zero-order valence-electron chi connectivity index (χ0n) is 13.5. The molecule has 3 heterocycles. The minimum atomic E-state index is -0.313. The van der Waals surface area contributed by atoms with E-state index in [0.29, 0.717) is 36.9 Å². The van der Waals surface area contributed by atoms with Crippen LogP contribution < -0.4 is 5.32 Å². The third kappa shape index (κ3) is 3.80. The summed E-state index contributed by atoms with van der Waals surface area (Å²) in [5.74, 6) is 1.17. The molecule has 1 saturated heterocycles. The molecule has 0 saturated carbocycles. The lowest BCUT2D eigenvalue weighted by atomic mass is 10.2. The standard InChI is InChI=1S/C15H19N5O3S/c1-9-17-14(19-18-9)12-8-20(5-6-23-12)15(22)13-4-3-11(24-13)7-16-10(2)21/h3-4,12H,5-8H2,1-2H3,(H,16,21)(H,17,18,19).